The van der Waals surface area contributed by atoms with Gasteiger partial charge in [0.25, 0.3) is 0 Å². The molecular weight excluding hydrogens is 419 g/mol. The Morgan fingerprint density at radius 1 is 1.18 bits per heavy atom. The first kappa shape index (κ1) is 22.3. The van der Waals surface area contributed by atoms with Gasteiger partial charge in [-0.25, -0.2) is 4.39 Å². The molecule has 3 aromatic carbocycles. The van der Waals surface area contributed by atoms with Crippen molar-refractivity contribution in [3.63, 3.8) is 0 Å². The van der Waals surface area contributed by atoms with Gasteiger partial charge >= 0.3 is 5.97 Å². The van der Waals surface area contributed by atoms with Gasteiger partial charge in [0.15, 0.2) is 0 Å². The van der Waals surface area contributed by atoms with Gasteiger partial charge in [-0.3, -0.25) is 4.79 Å². The Labute approximate surface area is 192 Å². The number of rotatable bonds is 8. The minimum absolute atomic E-state index is 0.0304. The van der Waals surface area contributed by atoms with E-state index in [0.29, 0.717) is 36.2 Å². The molecule has 7 heteroatoms. The Bertz CT molecular complexity index is 1180. The highest BCUT2D eigenvalue weighted by atomic mass is 19.1. The van der Waals surface area contributed by atoms with E-state index in [9.17, 15) is 14.4 Å². The van der Waals surface area contributed by atoms with Crippen molar-refractivity contribution in [3.05, 3.63) is 94.8 Å². The number of hydrogen-bond donors (Lipinski definition) is 4. The van der Waals surface area contributed by atoms with E-state index in [1.54, 1.807) is 18.2 Å². The first-order chi connectivity index (χ1) is 16.0. The number of anilines is 2. The van der Waals surface area contributed by atoms with Gasteiger partial charge in [0, 0.05) is 6.54 Å². The number of nitriles is 1. The number of hydrogen-bond acceptors (Lipinski definition) is 5. The molecule has 4 rings (SSSR count). The van der Waals surface area contributed by atoms with Crippen molar-refractivity contribution in [2.24, 2.45) is 0 Å². The number of fused-ring (bicyclic) bond motifs is 1. The van der Waals surface area contributed by atoms with E-state index in [4.69, 9.17) is 5.11 Å². The SMILES string of the molecule is N#Cc1cccc2c1N[C@@H]([C@H](NCCc1ccc(CC(=O)O)cc1F)c1ccccc1)CN2. The van der Waals surface area contributed by atoms with Gasteiger partial charge in [0.1, 0.15) is 11.9 Å². The number of aliphatic carboxylic acids is 1. The molecule has 3 aromatic rings. The largest absolute Gasteiger partial charge is 0.481 e. The average Bonchev–Trinajstić information content (AvgIpc) is 2.82. The molecule has 1 aliphatic rings. The fourth-order valence-electron chi connectivity index (χ4n) is 4.20. The lowest BCUT2D eigenvalue weighted by Crippen LogP contribution is -2.44. The monoisotopic (exact) mass is 444 g/mol. The Morgan fingerprint density at radius 2 is 2.00 bits per heavy atom. The van der Waals surface area contributed by atoms with Crippen LogP contribution in [-0.2, 0) is 17.6 Å². The zero-order valence-corrected chi connectivity index (χ0v) is 18.0. The molecule has 0 spiro atoms. The third-order valence-electron chi connectivity index (χ3n) is 5.82. The summed E-state index contributed by atoms with van der Waals surface area (Å²) in [5.74, 6) is -1.37. The van der Waals surface area contributed by atoms with Gasteiger partial charge in [0.2, 0.25) is 0 Å². The molecule has 0 unspecified atom stereocenters. The molecule has 6 nitrogen and oxygen atoms in total. The predicted octanol–water partition coefficient (Wildman–Crippen LogP) is 4.10. The van der Waals surface area contributed by atoms with Gasteiger partial charge in [-0.15, -0.1) is 0 Å². The lowest BCUT2D eigenvalue weighted by Gasteiger charge is -2.35. The molecule has 33 heavy (non-hydrogen) atoms. The number of nitrogens with zero attached hydrogens (tertiary/aromatic N) is 1. The fraction of sp³-hybridized carbons (Fsp3) is 0.231. The highest BCUT2D eigenvalue weighted by Crippen LogP contribution is 2.33. The Balaban J connectivity index is 1.49. The minimum atomic E-state index is -0.982. The molecule has 168 valence electrons. The average molecular weight is 445 g/mol. The summed E-state index contributed by atoms with van der Waals surface area (Å²) in [6.45, 7) is 1.19. The molecule has 0 aromatic heterocycles. The molecule has 0 radical (unpaired) electrons. The summed E-state index contributed by atoms with van der Waals surface area (Å²) in [5, 5.41) is 28.9. The van der Waals surface area contributed by atoms with E-state index in [-0.39, 0.29) is 18.5 Å². The molecule has 0 saturated carbocycles. The molecule has 1 heterocycles. The summed E-state index contributed by atoms with van der Waals surface area (Å²) in [5.41, 5.74) is 4.35. The van der Waals surface area contributed by atoms with Crippen LogP contribution >= 0.6 is 0 Å². The Kier molecular flexibility index (Phi) is 6.86. The van der Waals surface area contributed by atoms with E-state index in [2.05, 4.69) is 22.0 Å². The number of halogens is 1. The topological polar surface area (TPSA) is 97.2 Å². The van der Waals surface area contributed by atoms with Crippen LogP contribution in [0.1, 0.15) is 28.3 Å². The quantitative estimate of drug-likeness (QED) is 0.418. The van der Waals surface area contributed by atoms with Crippen LogP contribution in [0.4, 0.5) is 15.8 Å². The van der Waals surface area contributed by atoms with Crippen LogP contribution in [0.2, 0.25) is 0 Å². The molecule has 0 saturated heterocycles. The van der Waals surface area contributed by atoms with Gasteiger partial charge in [-0.2, -0.15) is 5.26 Å². The maximum Gasteiger partial charge on any atom is 0.307 e. The molecule has 4 N–H and O–H groups in total. The molecule has 2 atom stereocenters. The van der Waals surface area contributed by atoms with Crippen LogP contribution in [-0.4, -0.2) is 30.2 Å². The van der Waals surface area contributed by atoms with Gasteiger partial charge < -0.3 is 21.1 Å². The predicted molar refractivity (Wildman–Crippen MR) is 126 cm³/mol. The second-order valence-corrected chi connectivity index (χ2v) is 8.06. The van der Waals surface area contributed by atoms with Gasteiger partial charge in [-0.05, 0) is 47.9 Å². The molecule has 0 fully saturated rings. The highest BCUT2D eigenvalue weighted by Gasteiger charge is 2.28. The Hall–Kier alpha value is -3.89. The third kappa shape index (κ3) is 5.30. The van der Waals surface area contributed by atoms with Crippen LogP contribution < -0.4 is 16.0 Å². The van der Waals surface area contributed by atoms with Crippen molar-refractivity contribution >= 4 is 17.3 Å². The molecule has 0 amide bonds. The van der Waals surface area contributed by atoms with Gasteiger partial charge in [-0.1, -0.05) is 48.5 Å². The van der Waals surface area contributed by atoms with Gasteiger partial charge in [0.05, 0.1) is 35.4 Å². The smallest absolute Gasteiger partial charge is 0.307 e. The van der Waals surface area contributed by atoms with E-state index in [1.807, 2.05) is 42.5 Å². The third-order valence-corrected chi connectivity index (χ3v) is 5.82. The lowest BCUT2D eigenvalue weighted by atomic mass is 9.95. The zero-order valence-electron chi connectivity index (χ0n) is 18.0. The van der Waals surface area contributed by atoms with Crippen LogP contribution in [0, 0.1) is 17.1 Å². The summed E-state index contributed by atoms with van der Waals surface area (Å²) in [6.07, 6.45) is 0.265. The number of carboxylic acids is 1. The number of benzene rings is 3. The summed E-state index contributed by atoms with van der Waals surface area (Å²) in [7, 11) is 0. The van der Waals surface area contributed by atoms with Crippen molar-refractivity contribution in [1.29, 1.82) is 5.26 Å². The summed E-state index contributed by atoms with van der Waals surface area (Å²) in [4.78, 5) is 10.9. The number of para-hydroxylation sites is 1. The van der Waals surface area contributed by atoms with Crippen molar-refractivity contribution in [2.75, 3.05) is 23.7 Å². The standard InChI is InChI=1S/C26H25FN4O2/c27-21-13-17(14-24(32)33)9-10-18(21)11-12-29-25(19-5-2-1-3-6-19)23-16-30-22-8-4-7-20(15-28)26(22)31-23/h1-10,13,23,25,29-31H,11-12,14,16H2,(H,32,33)/t23-,25-/m1/s1. The number of carboxylic acid groups (broad SMARTS) is 1. The summed E-state index contributed by atoms with van der Waals surface area (Å²) >= 11 is 0. The molecule has 0 bridgehead atoms. The zero-order chi connectivity index (χ0) is 23.2. The lowest BCUT2D eigenvalue weighted by molar-refractivity contribution is -0.136. The van der Waals surface area contributed by atoms with Crippen LogP contribution in [0.3, 0.4) is 0 Å². The number of carbonyl (C=O) groups is 1. The summed E-state index contributed by atoms with van der Waals surface area (Å²) < 4.78 is 14.5. The normalized spacial score (nSPS) is 15.5. The van der Waals surface area contributed by atoms with Crippen molar-refractivity contribution in [1.82, 2.24) is 5.32 Å². The van der Waals surface area contributed by atoms with E-state index in [1.165, 1.54) is 6.07 Å². The maximum absolute atomic E-state index is 14.5. The van der Waals surface area contributed by atoms with E-state index < -0.39 is 11.8 Å². The van der Waals surface area contributed by atoms with Crippen molar-refractivity contribution in [3.8, 4) is 6.07 Å². The Morgan fingerprint density at radius 3 is 2.73 bits per heavy atom. The second-order valence-electron chi connectivity index (χ2n) is 8.06. The number of nitrogens with one attached hydrogen (secondary N) is 3. The van der Waals surface area contributed by atoms with E-state index in [0.717, 1.165) is 16.9 Å². The van der Waals surface area contributed by atoms with E-state index >= 15 is 0 Å². The summed E-state index contributed by atoms with van der Waals surface area (Å²) in [6, 6.07) is 22.4. The van der Waals surface area contributed by atoms with Crippen molar-refractivity contribution < 1.29 is 14.3 Å². The van der Waals surface area contributed by atoms with Crippen LogP contribution in [0.15, 0.2) is 66.7 Å². The van der Waals surface area contributed by atoms with Crippen LogP contribution in [0.25, 0.3) is 0 Å². The molecule has 1 aliphatic heterocycles. The maximum atomic E-state index is 14.5. The van der Waals surface area contributed by atoms with Crippen molar-refractivity contribution in [2.45, 2.75) is 24.9 Å². The second kappa shape index (κ2) is 10.2. The fourth-order valence-corrected chi connectivity index (χ4v) is 4.20. The molecule has 0 aliphatic carbocycles. The van der Waals surface area contributed by atoms with Crippen LogP contribution in [0.5, 0.6) is 0 Å². The minimum Gasteiger partial charge on any atom is -0.481 e. The first-order valence-corrected chi connectivity index (χ1v) is 10.9. The molecular formula is C26H25FN4O2. The first-order valence-electron chi connectivity index (χ1n) is 10.9. The highest BCUT2D eigenvalue weighted by molar-refractivity contribution is 5.77.